The van der Waals surface area contributed by atoms with Gasteiger partial charge in [0.15, 0.2) is 0 Å². The van der Waals surface area contributed by atoms with Crippen LogP contribution in [0.4, 0.5) is 18.9 Å². The molecule has 0 bridgehead atoms. The van der Waals surface area contributed by atoms with E-state index in [1.807, 2.05) is 4.90 Å². The molecule has 1 aromatic heterocycles. The van der Waals surface area contributed by atoms with Crippen molar-refractivity contribution in [3.05, 3.63) is 45.1 Å². The molecular formula is C22H30ClF3N6O4. The molecule has 10 nitrogen and oxygen atoms in total. The van der Waals surface area contributed by atoms with E-state index in [1.165, 1.54) is 7.11 Å². The van der Waals surface area contributed by atoms with Crippen LogP contribution in [-0.2, 0) is 20.4 Å². The van der Waals surface area contributed by atoms with Gasteiger partial charge in [0.2, 0.25) is 5.91 Å². The smallest absolute Gasteiger partial charge is 0.382 e. The SMILES string of the molecule is C=N/C(=C\C=C(/C)Cl)N1CCN(C(=O)CCOC[C@H](COC)Nc2cn[nH]c(=O)c2C(F)(F)F)CC1. The van der Waals surface area contributed by atoms with Gasteiger partial charge in [-0.25, -0.2) is 10.1 Å². The summed E-state index contributed by atoms with van der Waals surface area (Å²) in [7, 11) is 1.38. The molecule has 0 unspecified atom stereocenters. The number of H-pyrrole nitrogens is 1. The first-order valence-electron chi connectivity index (χ1n) is 11.1. The zero-order valence-electron chi connectivity index (χ0n) is 20.1. The highest BCUT2D eigenvalue weighted by Gasteiger charge is 2.37. The van der Waals surface area contributed by atoms with Crippen molar-refractivity contribution in [1.82, 2.24) is 20.0 Å². The Morgan fingerprint density at radius 2 is 1.97 bits per heavy atom. The van der Waals surface area contributed by atoms with Gasteiger partial charge in [-0.15, -0.1) is 0 Å². The van der Waals surface area contributed by atoms with E-state index in [9.17, 15) is 22.8 Å². The van der Waals surface area contributed by atoms with E-state index in [4.69, 9.17) is 21.1 Å². The lowest BCUT2D eigenvalue weighted by atomic mass is 10.2. The van der Waals surface area contributed by atoms with Gasteiger partial charge in [0, 0.05) is 38.3 Å². The number of methoxy groups -OCH3 is 1. The maximum atomic E-state index is 13.3. The minimum absolute atomic E-state index is 0.00558. The molecule has 0 aromatic carbocycles. The third-order valence-electron chi connectivity index (χ3n) is 5.23. The Hall–Kier alpha value is -2.90. The fourth-order valence-corrected chi connectivity index (χ4v) is 3.58. The van der Waals surface area contributed by atoms with Gasteiger partial charge in [-0.3, -0.25) is 9.59 Å². The number of anilines is 1. The van der Waals surface area contributed by atoms with E-state index in [0.717, 1.165) is 6.20 Å². The standard InChI is InChI=1S/C22H30ClF3N6O4/c1-15(23)4-5-18(27-2)31-7-9-32(10-8-31)19(33)6-11-36-14-16(13-35-3)29-17-12-28-30-21(34)20(17)22(24,25)26/h4-5,12,16H,2,6-11,13-14H2,1,3H3,(H2,29,30,34)/b15-4+,18-5+/t16-/m0/s1. The molecule has 1 aliphatic rings. The second-order valence-corrected chi connectivity index (χ2v) is 8.51. The van der Waals surface area contributed by atoms with E-state index >= 15 is 0 Å². The number of rotatable bonds is 12. The van der Waals surface area contributed by atoms with E-state index in [2.05, 4.69) is 22.1 Å². The van der Waals surface area contributed by atoms with E-state index in [1.54, 1.807) is 29.1 Å². The number of carbonyl (C=O) groups is 1. The molecular weight excluding hydrogens is 505 g/mol. The summed E-state index contributed by atoms with van der Waals surface area (Å²) in [6.45, 7) is 7.51. The summed E-state index contributed by atoms with van der Waals surface area (Å²) < 4.78 is 50.4. The summed E-state index contributed by atoms with van der Waals surface area (Å²) in [6.07, 6.45) is -0.388. The molecule has 1 aliphatic heterocycles. The Bertz CT molecular complexity index is 1000. The maximum Gasteiger partial charge on any atom is 0.423 e. The average Bonchev–Trinajstić information content (AvgIpc) is 2.81. The Kier molecular flexibility index (Phi) is 11.4. The zero-order chi connectivity index (χ0) is 26.7. The summed E-state index contributed by atoms with van der Waals surface area (Å²) in [5, 5.41) is 8.42. The predicted octanol–water partition coefficient (Wildman–Crippen LogP) is 2.45. The minimum atomic E-state index is -4.87. The van der Waals surface area contributed by atoms with E-state index in [0.29, 0.717) is 37.0 Å². The zero-order valence-corrected chi connectivity index (χ0v) is 20.9. The van der Waals surface area contributed by atoms with Crippen molar-refractivity contribution in [2.75, 3.05) is 58.4 Å². The molecule has 36 heavy (non-hydrogen) atoms. The number of aromatic amines is 1. The summed E-state index contributed by atoms with van der Waals surface area (Å²) in [6, 6.07) is -0.708. The molecule has 1 aromatic rings. The van der Waals surface area contributed by atoms with Crippen LogP contribution in [-0.4, -0.2) is 91.8 Å². The largest absolute Gasteiger partial charge is 0.423 e. The fourth-order valence-electron chi connectivity index (χ4n) is 3.52. The molecule has 14 heteroatoms. The molecule has 0 saturated carbocycles. The average molecular weight is 535 g/mol. The number of hydrogen-bond donors (Lipinski definition) is 2. The lowest BCUT2D eigenvalue weighted by Gasteiger charge is -2.36. The number of amides is 1. The number of alkyl halides is 3. The fraction of sp³-hybridized carbons (Fsp3) is 0.545. The predicted molar refractivity (Wildman–Crippen MR) is 130 cm³/mol. The van der Waals surface area contributed by atoms with Gasteiger partial charge in [0.05, 0.1) is 44.2 Å². The van der Waals surface area contributed by atoms with Crippen molar-refractivity contribution < 1.29 is 27.4 Å². The van der Waals surface area contributed by atoms with E-state index in [-0.39, 0.29) is 32.1 Å². The summed E-state index contributed by atoms with van der Waals surface area (Å²) in [5.41, 5.74) is -3.22. The van der Waals surface area contributed by atoms with Gasteiger partial charge < -0.3 is 24.6 Å². The molecule has 0 spiro atoms. The van der Waals surface area contributed by atoms with Gasteiger partial charge in [-0.2, -0.15) is 18.3 Å². The molecule has 1 saturated heterocycles. The lowest BCUT2D eigenvalue weighted by molar-refractivity contribution is -0.138. The van der Waals surface area contributed by atoms with Crippen molar-refractivity contribution >= 4 is 29.9 Å². The summed E-state index contributed by atoms with van der Waals surface area (Å²) in [4.78, 5) is 31.9. The van der Waals surface area contributed by atoms with Crippen LogP contribution >= 0.6 is 11.6 Å². The summed E-state index contributed by atoms with van der Waals surface area (Å²) >= 11 is 5.85. The molecule has 200 valence electrons. The number of piperazine rings is 1. The highest BCUT2D eigenvalue weighted by Crippen LogP contribution is 2.31. The van der Waals surface area contributed by atoms with Crippen LogP contribution in [0.2, 0.25) is 0 Å². The van der Waals surface area contributed by atoms with Crippen LogP contribution < -0.4 is 10.9 Å². The first-order valence-corrected chi connectivity index (χ1v) is 11.5. The molecule has 2 rings (SSSR count). The first kappa shape index (κ1) is 29.3. The lowest BCUT2D eigenvalue weighted by Crippen LogP contribution is -2.48. The highest BCUT2D eigenvalue weighted by molar-refractivity contribution is 6.29. The number of nitrogens with zero attached hydrogens (tertiary/aromatic N) is 4. The normalized spacial score (nSPS) is 16.2. The molecule has 1 fully saturated rings. The van der Waals surface area contributed by atoms with Crippen molar-refractivity contribution in [1.29, 1.82) is 0 Å². The van der Waals surface area contributed by atoms with Gasteiger partial charge in [0.25, 0.3) is 5.56 Å². The topological polar surface area (TPSA) is 112 Å². The molecule has 0 radical (unpaired) electrons. The number of ether oxygens (including phenoxy) is 2. The van der Waals surface area contributed by atoms with Gasteiger partial charge in [-0.1, -0.05) is 11.6 Å². The van der Waals surface area contributed by atoms with Crippen LogP contribution in [0, 0.1) is 0 Å². The Morgan fingerprint density at radius 1 is 1.31 bits per heavy atom. The Morgan fingerprint density at radius 3 is 2.56 bits per heavy atom. The number of allylic oxidation sites excluding steroid dienone is 3. The molecule has 2 N–H and O–H groups in total. The monoisotopic (exact) mass is 534 g/mol. The Labute approximate surface area is 211 Å². The van der Waals surface area contributed by atoms with Crippen LogP contribution in [0.1, 0.15) is 18.9 Å². The number of carbonyl (C=O) groups excluding carboxylic acids is 1. The van der Waals surface area contributed by atoms with Gasteiger partial charge in [0.1, 0.15) is 11.4 Å². The van der Waals surface area contributed by atoms with E-state index < -0.39 is 29.0 Å². The van der Waals surface area contributed by atoms with Crippen LogP contribution in [0.25, 0.3) is 0 Å². The van der Waals surface area contributed by atoms with Crippen molar-refractivity contribution in [2.45, 2.75) is 25.6 Å². The first-order chi connectivity index (χ1) is 17.1. The molecule has 1 amide bonds. The number of aromatic nitrogens is 2. The number of halogens is 4. The second kappa shape index (κ2) is 14.0. The third-order valence-corrected chi connectivity index (χ3v) is 5.35. The summed E-state index contributed by atoms with van der Waals surface area (Å²) in [5.74, 6) is 0.573. The van der Waals surface area contributed by atoms with Gasteiger partial charge >= 0.3 is 6.18 Å². The number of hydrogen-bond acceptors (Lipinski definition) is 8. The second-order valence-electron chi connectivity index (χ2n) is 7.91. The minimum Gasteiger partial charge on any atom is -0.382 e. The highest BCUT2D eigenvalue weighted by atomic mass is 35.5. The molecule has 0 aliphatic carbocycles. The van der Waals surface area contributed by atoms with Crippen molar-refractivity contribution in [2.24, 2.45) is 4.99 Å². The maximum absolute atomic E-state index is 13.3. The molecule has 2 heterocycles. The van der Waals surface area contributed by atoms with Crippen molar-refractivity contribution in [3.63, 3.8) is 0 Å². The third kappa shape index (κ3) is 8.95. The van der Waals surface area contributed by atoms with Gasteiger partial charge in [-0.05, 0) is 25.8 Å². The van der Waals surface area contributed by atoms with Crippen molar-refractivity contribution in [3.8, 4) is 0 Å². The van der Waals surface area contributed by atoms with Crippen LogP contribution in [0.3, 0.4) is 0 Å². The Balaban J connectivity index is 1.84. The molecule has 1 atom stereocenters. The van der Waals surface area contributed by atoms with Crippen LogP contribution in [0.15, 0.2) is 39.0 Å². The quantitative estimate of drug-likeness (QED) is 0.241. The number of aliphatic imine (C=N–C) groups is 1. The number of nitrogens with one attached hydrogen (secondary N) is 2. The van der Waals surface area contributed by atoms with Crippen LogP contribution in [0.5, 0.6) is 0 Å².